The summed E-state index contributed by atoms with van der Waals surface area (Å²) in [7, 11) is 0. The number of rotatable bonds is 6. The fraction of sp³-hybridized carbons (Fsp3) is 0.375. The lowest BCUT2D eigenvalue weighted by atomic mass is 10.1. The second-order valence-electron chi connectivity index (χ2n) is 6.08. The number of hydrogen-bond donors (Lipinski definition) is 3. The number of aromatic amines is 1. The van der Waals surface area contributed by atoms with Crippen molar-refractivity contribution in [3.05, 3.63) is 40.9 Å². The number of carbonyl (C=O) groups is 3. The van der Waals surface area contributed by atoms with Gasteiger partial charge in [0.2, 0.25) is 11.8 Å². The molecule has 0 aromatic carbocycles. The van der Waals surface area contributed by atoms with Crippen molar-refractivity contribution in [2.75, 3.05) is 6.54 Å². The molecule has 0 saturated carbocycles. The second kappa shape index (κ2) is 8.25. The maximum Gasteiger partial charge on any atom is 0.272 e. The van der Waals surface area contributed by atoms with Gasteiger partial charge in [-0.1, -0.05) is 0 Å². The number of imidazole rings is 1. The van der Waals surface area contributed by atoms with Crippen LogP contribution in [0.2, 0.25) is 0 Å². The lowest BCUT2D eigenvalue weighted by Gasteiger charge is -2.27. The normalized spacial score (nSPS) is 17.5. The van der Waals surface area contributed by atoms with Gasteiger partial charge in [-0.15, -0.1) is 0 Å². The monoisotopic (exact) mass is 435 g/mol. The Labute approximate surface area is 163 Å². The van der Waals surface area contributed by atoms with E-state index < -0.39 is 23.9 Å². The zero-order valence-electron chi connectivity index (χ0n) is 14.3. The van der Waals surface area contributed by atoms with Gasteiger partial charge in [-0.25, -0.2) is 9.97 Å². The van der Waals surface area contributed by atoms with Crippen molar-refractivity contribution in [3.8, 4) is 0 Å². The Balaban J connectivity index is 1.83. The van der Waals surface area contributed by atoms with E-state index in [1.54, 1.807) is 0 Å². The summed E-state index contributed by atoms with van der Waals surface area (Å²) in [6, 6.07) is -1.59. The molecule has 3 heterocycles. The predicted molar refractivity (Wildman–Crippen MR) is 97.2 cm³/mol. The summed E-state index contributed by atoms with van der Waals surface area (Å²) < 4.78 is 0.543. The van der Waals surface area contributed by atoms with Crippen LogP contribution >= 0.6 is 15.9 Å². The van der Waals surface area contributed by atoms with Crippen LogP contribution in [0.25, 0.3) is 0 Å². The van der Waals surface area contributed by atoms with Crippen LogP contribution in [0.1, 0.15) is 29.0 Å². The number of halogens is 1. The summed E-state index contributed by atoms with van der Waals surface area (Å²) in [6.45, 7) is 0.411. The molecule has 0 unspecified atom stereocenters. The van der Waals surface area contributed by atoms with E-state index in [9.17, 15) is 14.4 Å². The Morgan fingerprint density at radius 3 is 2.81 bits per heavy atom. The van der Waals surface area contributed by atoms with Gasteiger partial charge in [0.05, 0.1) is 18.2 Å². The lowest BCUT2D eigenvalue weighted by Crippen LogP contribution is -2.53. The Morgan fingerprint density at radius 2 is 2.19 bits per heavy atom. The summed E-state index contributed by atoms with van der Waals surface area (Å²) in [5.41, 5.74) is 6.15. The molecule has 2 aromatic heterocycles. The van der Waals surface area contributed by atoms with E-state index in [2.05, 4.69) is 41.2 Å². The number of amides is 3. The maximum absolute atomic E-state index is 13.1. The Bertz CT molecular complexity index is 842. The minimum atomic E-state index is -0.920. The van der Waals surface area contributed by atoms with Crippen molar-refractivity contribution >= 4 is 33.7 Å². The van der Waals surface area contributed by atoms with Crippen LogP contribution in [0.3, 0.4) is 0 Å². The highest BCUT2D eigenvalue weighted by Crippen LogP contribution is 2.20. The number of aromatic nitrogens is 4. The minimum absolute atomic E-state index is 0.0897. The van der Waals surface area contributed by atoms with Gasteiger partial charge in [-0.3, -0.25) is 19.4 Å². The number of primary amides is 1. The third-order valence-electron chi connectivity index (χ3n) is 4.34. The van der Waals surface area contributed by atoms with Crippen molar-refractivity contribution in [1.82, 2.24) is 30.2 Å². The number of nitrogens with two attached hydrogens (primary N) is 1. The Hall–Kier alpha value is -2.82. The number of carbonyl (C=O) groups excluding carboxylic acids is 3. The largest absolute Gasteiger partial charge is 0.368 e. The van der Waals surface area contributed by atoms with E-state index in [0.717, 1.165) is 0 Å². The molecule has 0 spiro atoms. The summed E-state index contributed by atoms with van der Waals surface area (Å²) in [5, 5.41) is 2.68. The molecular formula is C16H18BrN7O3. The van der Waals surface area contributed by atoms with Crippen LogP contribution < -0.4 is 11.1 Å². The van der Waals surface area contributed by atoms with Crippen molar-refractivity contribution < 1.29 is 14.4 Å². The molecule has 142 valence electrons. The predicted octanol–water partition coefficient (Wildman–Crippen LogP) is -0.220. The summed E-state index contributed by atoms with van der Waals surface area (Å²) >= 11 is 3.30. The number of nitrogens with zero attached hydrogens (tertiary/aromatic N) is 4. The standard InChI is InChI=1S/C16H18BrN7O3/c17-13-9(21-8-22-13)6-10(23-15(26)11-7-19-3-4-20-11)16(27)24-5-1-2-12(24)14(18)25/h3-4,7-8,10,12H,1-2,5-6H2,(H2,18,25)(H,21,22)(H,23,26)/t10-,12-/m0/s1. The van der Waals surface area contributed by atoms with Crippen molar-refractivity contribution in [1.29, 1.82) is 0 Å². The van der Waals surface area contributed by atoms with Gasteiger partial charge in [0, 0.05) is 25.4 Å². The first kappa shape index (κ1) is 19.0. The molecule has 11 heteroatoms. The van der Waals surface area contributed by atoms with Gasteiger partial charge >= 0.3 is 0 Å². The third kappa shape index (κ3) is 4.30. The first-order valence-electron chi connectivity index (χ1n) is 8.31. The van der Waals surface area contributed by atoms with E-state index in [1.165, 1.54) is 29.8 Å². The number of H-pyrrole nitrogens is 1. The molecular weight excluding hydrogens is 418 g/mol. The van der Waals surface area contributed by atoms with E-state index >= 15 is 0 Å². The van der Waals surface area contributed by atoms with Crippen molar-refractivity contribution in [2.45, 2.75) is 31.3 Å². The maximum atomic E-state index is 13.1. The lowest BCUT2D eigenvalue weighted by molar-refractivity contribution is -0.138. The molecule has 1 aliphatic heterocycles. The fourth-order valence-electron chi connectivity index (χ4n) is 3.03. The smallest absolute Gasteiger partial charge is 0.272 e. The molecule has 1 aliphatic rings. The van der Waals surface area contributed by atoms with Crippen LogP contribution in [-0.2, 0) is 16.0 Å². The molecule has 1 fully saturated rings. The van der Waals surface area contributed by atoms with E-state index in [4.69, 9.17) is 5.73 Å². The van der Waals surface area contributed by atoms with Crippen LogP contribution in [0.5, 0.6) is 0 Å². The molecule has 0 bridgehead atoms. The Morgan fingerprint density at radius 1 is 1.37 bits per heavy atom. The molecule has 27 heavy (non-hydrogen) atoms. The number of likely N-dealkylation sites (tertiary alicyclic amines) is 1. The number of nitrogens with one attached hydrogen (secondary N) is 2. The first-order valence-corrected chi connectivity index (χ1v) is 9.11. The quantitative estimate of drug-likeness (QED) is 0.571. The zero-order chi connectivity index (χ0) is 19.4. The van der Waals surface area contributed by atoms with Crippen molar-refractivity contribution in [3.63, 3.8) is 0 Å². The Kier molecular flexibility index (Phi) is 5.79. The van der Waals surface area contributed by atoms with Crippen LogP contribution in [0.15, 0.2) is 29.5 Å². The molecule has 0 aliphatic carbocycles. The highest BCUT2D eigenvalue weighted by atomic mass is 79.9. The van der Waals surface area contributed by atoms with Gasteiger partial charge in [0.15, 0.2) is 0 Å². The highest BCUT2D eigenvalue weighted by Gasteiger charge is 2.37. The zero-order valence-corrected chi connectivity index (χ0v) is 15.8. The van der Waals surface area contributed by atoms with Gasteiger partial charge in [-0.05, 0) is 28.8 Å². The van der Waals surface area contributed by atoms with E-state index in [0.29, 0.717) is 29.7 Å². The molecule has 3 rings (SSSR count). The van der Waals surface area contributed by atoms with Gasteiger partial charge < -0.3 is 20.9 Å². The third-order valence-corrected chi connectivity index (χ3v) is 5.02. The van der Waals surface area contributed by atoms with Crippen LogP contribution in [0, 0.1) is 0 Å². The molecule has 0 radical (unpaired) electrons. The van der Waals surface area contributed by atoms with Crippen LogP contribution in [-0.4, -0.2) is 61.2 Å². The average Bonchev–Trinajstić information content (AvgIpc) is 3.30. The summed E-state index contributed by atoms with van der Waals surface area (Å²) in [5.74, 6) is -1.47. The van der Waals surface area contributed by atoms with Gasteiger partial charge in [0.1, 0.15) is 22.4 Å². The average molecular weight is 436 g/mol. The second-order valence-corrected chi connectivity index (χ2v) is 6.84. The molecule has 2 atom stereocenters. The summed E-state index contributed by atoms with van der Waals surface area (Å²) in [6.07, 6.45) is 6.98. The molecule has 1 saturated heterocycles. The van der Waals surface area contributed by atoms with E-state index in [1.807, 2.05) is 0 Å². The van der Waals surface area contributed by atoms with Gasteiger partial charge in [0.25, 0.3) is 5.91 Å². The topological polar surface area (TPSA) is 147 Å². The molecule has 4 N–H and O–H groups in total. The molecule has 2 aromatic rings. The minimum Gasteiger partial charge on any atom is -0.368 e. The summed E-state index contributed by atoms with van der Waals surface area (Å²) in [4.78, 5) is 53.4. The van der Waals surface area contributed by atoms with Crippen molar-refractivity contribution in [2.24, 2.45) is 5.73 Å². The fourth-order valence-corrected chi connectivity index (χ4v) is 3.41. The SMILES string of the molecule is NC(=O)[C@@H]1CCCN1C(=O)[C@H](Cc1[nH]cnc1Br)NC(=O)c1cnccn1. The molecule has 10 nitrogen and oxygen atoms in total. The van der Waals surface area contributed by atoms with E-state index in [-0.39, 0.29) is 18.0 Å². The number of hydrogen-bond acceptors (Lipinski definition) is 6. The van der Waals surface area contributed by atoms with Gasteiger partial charge in [-0.2, -0.15) is 0 Å². The highest BCUT2D eigenvalue weighted by molar-refractivity contribution is 9.10. The van der Waals surface area contributed by atoms with Crippen LogP contribution in [0.4, 0.5) is 0 Å². The first-order chi connectivity index (χ1) is 13.0. The molecule has 3 amide bonds.